The fraction of sp³-hybridized carbons (Fsp3) is 0.273. The summed E-state index contributed by atoms with van der Waals surface area (Å²) < 4.78 is 4.04. The van der Waals surface area contributed by atoms with Crippen LogP contribution >= 0.6 is 0 Å². The van der Waals surface area contributed by atoms with Crippen LogP contribution < -0.4 is 11.2 Å². The fourth-order valence-electron chi connectivity index (χ4n) is 1.69. The molecule has 100 valence electrons. The molecule has 0 aliphatic heterocycles. The van der Waals surface area contributed by atoms with E-state index in [9.17, 15) is 9.59 Å². The van der Waals surface area contributed by atoms with Gasteiger partial charge in [-0.3, -0.25) is 19.0 Å². The first kappa shape index (κ1) is 12.8. The molecule has 0 saturated heterocycles. The summed E-state index contributed by atoms with van der Waals surface area (Å²) in [7, 11) is 4.77. The van der Waals surface area contributed by atoms with E-state index in [1.54, 1.807) is 31.1 Å². The number of nitrogens with zero attached hydrogens (tertiary/aromatic N) is 5. The van der Waals surface area contributed by atoms with Crippen molar-refractivity contribution < 1.29 is 0 Å². The van der Waals surface area contributed by atoms with Gasteiger partial charge in [0.2, 0.25) is 0 Å². The van der Waals surface area contributed by atoms with Crippen molar-refractivity contribution in [2.24, 2.45) is 21.1 Å². The zero-order valence-corrected chi connectivity index (χ0v) is 10.9. The number of aromatic nitrogens is 6. The summed E-state index contributed by atoms with van der Waals surface area (Å²) in [6, 6.07) is 1.83. The zero-order chi connectivity index (χ0) is 14.0. The molecule has 8 heteroatoms. The van der Waals surface area contributed by atoms with Crippen LogP contribution in [-0.4, -0.2) is 28.9 Å². The van der Waals surface area contributed by atoms with Crippen molar-refractivity contribution in [3.63, 3.8) is 0 Å². The van der Waals surface area contributed by atoms with Crippen molar-refractivity contribution in [1.82, 2.24) is 28.9 Å². The number of fused-ring (bicyclic) bond motifs is 1. The second-order valence-electron chi connectivity index (χ2n) is 4.00. The average Bonchev–Trinajstić information content (AvgIpc) is 3.06. The monoisotopic (exact) mass is 262 g/mol. The molecular formula is C11H14N6O2. The lowest BCUT2D eigenvalue weighted by atomic mass is 10.5. The van der Waals surface area contributed by atoms with Crippen LogP contribution in [0.2, 0.25) is 0 Å². The quantitative estimate of drug-likeness (QED) is 0.584. The lowest BCUT2D eigenvalue weighted by Gasteiger charge is -2.02. The minimum atomic E-state index is -0.360. The zero-order valence-electron chi connectivity index (χ0n) is 10.9. The highest BCUT2D eigenvalue weighted by atomic mass is 16.2. The van der Waals surface area contributed by atoms with Gasteiger partial charge in [-0.05, 0) is 6.07 Å². The van der Waals surface area contributed by atoms with Gasteiger partial charge in [0.25, 0.3) is 5.56 Å². The number of aryl methyl sites for hydroxylation is 2. The lowest BCUT2D eigenvalue weighted by molar-refractivity contribution is 0.705. The Hall–Kier alpha value is -2.64. The molecule has 0 spiro atoms. The summed E-state index contributed by atoms with van der Waals surface area (Å²) in [5.41, 5.74) is 0.180. The Balaban J connectivity index is 0.000000224. The maximum absolute atomic E-state index is 11.7. The van der Waals surface area contributed by atoms with Crippen molar-refractivity contribution in [3.05, 3.63) is 45.6 Å². The van der Waals surface area contributed by atoms with E-state index in [0.29, 0.717) is 11.2 Å². The molecule has 0 unspecified atom stereocenters. The largest absolute Gasteiger partial charge is 0.332 e. The minimum absolute atomic E-state index is 0.317. The van der Waals surface area contributed by atoms with Gasteiger partial charge < -0.3 is 4.57 Å². The molecule has 3 heterocycles. The van der Waals surface area contributed by atoms with Gasteiger partial charge in [-0.2, -0.15) is 5.10 Å². The lowest BCUT2D eigenvalue weighted by Crippen LogP contribution is -2.37. The van der Waals surface area contributed by atoms with Crippen molar-refractivity contribution in [2.75, 3.05) is 0 Å². The maximum Gasteiger partial charge on any atom is 0.332 e. The van der Waals surface area contributed by atoms with Gasteiger partial charge >= 0.3 is 5.69 Å². The molecular weight excluding hydrogens is 248 g/mol. The summed E-state index contributed by atoms with van der Waals surface area (Å²) in [6.45, 7) is 0. The highest BCUT2D eigenvalue weighted by Gasteiger charge is 2.11. The first-order valence-corrected chi connectivity index (χ1v) is 5.55. The van der Waals surface area contributed by atoms with Crippen molar-refractivity contribution in [3.8, 4) is 0 Å². The summed E-state index contributed by atoms with van der Waals surface area (Å²) in [5, 5.41) is 6.21. The number of hydrogen-bond donors (Lipinski definition) is 1. The first-order chi connectivity index (χ1) is 9.04. The molecule has 3 aromatic rings. The molecule has 0 fully saturated rings. The standard InChI is InChI=1S/C8H10N4O2.C3H4N2/c1-10-4-9-6-5(10)7(13)12(3)8(14)11(6)2;1-2-4-5-3-1/h4H,1-3H3;1-3H,(H,4,5). The van der Waals surface area contributed by atoms with E-state index in [1.165, 1.54) is 17.9 Å². The van der Waals surface area contributed by atoms with Crippen molar-refractivity contribution in [1.29, 1.82) is 0 Å². The van der Waals surface area contributed by atoms with E-state index in [4.69, 9.17) is 0 Å². The van der Waals surface area contributed by atoms with Gasteiger partial charge in [-0.25, -0.2) is 9.78 Å². The molecule has 0 aliphatic rings. The molecule has 0 saturated carbocycles. The number of imidazole rings is 1. The number of H-pyrrole nitrogens is 1. The Bertz CT molecular complexity index is 776. The smallest absolute Gasteiger partial charge is 0.328 e. The van der Waals surface area contributed by atoms with Crippen LogP contribution in [0.25, 0.3) is 11.2 Å². The third-order valence-electron chi connectivity index (χ3n) is 2.72. The van der Waals surface area contributed by atoms with E-state index in [-0.39, 0.29) is 11.2 Å². The number of rotatable bonds is 0. The molecule has 0 aromatic carbocycles. The Kier molecular flexibility index (Phi) is 3.32. The number of nitrogens with one attached hydrogen (secondary N) is 1. The normalized spacial score (nSPS) is 10.3. The summed E-state index contributed by atoms with van der Waals surface area (Å²) >= 11 is 0. The molecule has 0 bridgehead atoms. The molecule has 1 N–H and O–H groups in total. The molecule has 0 amide bonds. The Morgan fingerprint density at radius 2 is 1.89 bits per heavy atom. The fourth-order valence-corrected chi connectivity index (χ4v) is 1.69. The Labute approximate surface area is 107 Å². The van der Waals surface area contributed by atoms with Crippen LogP contribution in [0.15, 0.2) is 34.4 Å². The number of hydrogen-bond acceptors (Lipinski definition) is 4. The predicted molar refractivity (Wildman–Crippen MR) is 69.8 cm³/mol. The van der Waals surface area contributed by atoms with E-state index >= 15 is 0 Å². The van der Waals surface area contributed by atoms with Crippen LogP contribution in [-0.2, 0) is 21.1 Å². The van der Waals surface area contributed by atoms with E-state index < -0.39 is 0 Å². The predicted octanol–water partition coefficient (Wildman–Crippen LogP) is -0.620. The molecule has 3 rings (SSSR count). The topological polar surface area (TPSA) is 90.5 Å². The molecule has 19 heavy (non-hydrogen) atoms. The number of aromatic amines is 1. The molecule has 0 atom stereocenters. The Morgan fingerprint density at radius 1 is 1.16 bits per heavy atom. The van der Waals surface area contributed by atoms with E-state index in [0.717, 1.165) is 4.57 Å². The van der Waals surface area contributed by atoms with Gasteiger partial charge in [-0.1, -0.05) is 0 Å². The van der Waals surface area contributed by atoms with Crippen LogP contribution in [0.1, 0.15) is 0 Å². The third-order valence-corrected chi connectivity index (χ3v) is 2.72. The SMILES string of the molecule is Cn1c(=O)c2c(ncn2C)n(C)c1=O.c1cn[nH]c1. The summed E-state index contributed by atoms with van der Waals surface area (Å²) in [4.78, 5) is 27.2. The second kappa shape index (κ2) is 4.92. The van der Waals surface area contributed by atoms with Gasteiger partial charge in [0.05, 0.1) is 6.33 Å². The van der Waals surface area contributed by atoms with Gasteiger partial charge in [-0.15, -0.1) is 0 Å². The van der Waals surface area contributed by atoms with Crippen molar-refractivity contribution in [2.45, 2.75) is 0 Å². The molecule has 0 radical (unpaired) electrons. The van der Waals surface area contributed by atoms with Crippen LogP contribution in [0.4, 0.5) is 0 Å². The van der Waals surface area contributed by atoms with Crippen molar-refractivity contribution >= 4 is 11.2 Å². The molecule has 3 aromatic heterocycles. The van der Waals surface area contributed by atoms with Gasteiger partial charge in [0.1, 0.15) is 0 Å². The summed E-state index contributed by atoms with van der Waals surface area (Å²) in [5.74, 6) is 0. The van der Waals surface area contributed by atoms with E-state index in [1.807, 2.05) is 6.07 Å². The molecule has 8 nitrogen and oxygen atoms in total. The highest BCUT2D eigenvalue weighted by Crippen LogP contribution is 2.01. The Morgan fingerprint density at radius 3 is 2.42 bits per heavy atom. The van der Waals surface area contributed by atoms with Gasteiger partial charge in [0, 0.05) is 33.5 Å². The third kappa shape index (κ3) is 2.19. The van der Waals surface area contributed by atoms with Crippen LogP contribution in [0.5, 0.6) is 0 Å². The van der Waals surface area contributed by atoms with Crippen LogP contribution in [0.3, 0.4) is 0 Å². The first-order valence-electron chi connectivity index (χ1n) is 5.55. The maximum atomic E-state index is 11.7. The average molecular weight is 262 g/mol. The summed E-state index contributed by atoms with van der Waals surface area (Å²) in [6.07, 6.45) is 4.98. The second-order valence-corrected chi connectivity index (χ2v) is 4.00. The highest BCUT2D eigenvalue weighted by molar-refractivity contribution is 5.69. The van der Waals surface area contributed by atoms with Gasteiger partial charge in [0.15, 0.2) is 11.2 Å². The molecule has 0 aliphatic carbocycles. The van der Waals surface area contributed by atoms with Crippen LogP contribution in [0, 0.1) is 0 Å². The minimum Gasteiger partial charge on any atom is -0.328 e. The van der Waals surface area contributed by atoms with E-state index in [2.05, 4.69) is 15.2 Å².